The highest BCUT2D eigenvalue weighted by atomic mass is 32.2. The summed E-state index contributed by atoms with van der Waals surface area (Å²) in [5.74, 6) is 1.14. The van der Waals surface area contributed by atoms with E-state index in [9.17, 15) is 4.79 Å². The molecule has 0 saturated carbocycles. The van der Waals surface area contributed by atoms with Crippen molar-refractivity contribution in [1.29, 1.82) is 0 Å². The number of methoxy groups -OCH3 is 1. The number of amides is 1. The number of aromatic nitrogens is 4. The van der Waals surface area contributed by atoms with Crippen LogP contribution < -0.4 is 10.5 Å². The van der Waals surface area contributed by atoms with Gasteiger partial charge in [0.1, 0.15) is 5.75 Å². The summed E-state index contributed by atoms with van der Waals surface area (Å²) < 4.78 is 7.07. The molecule has 0 saturated heterocycles. The molecule has 0 fully saturated rings. The number of pyridine rings is 1. The molecule has 0 atom stereocenters. The monoisotopic (exact) mass is 341 g/mol. The van der Waals surface area contributed by atoms with Gasteiger partial charge in [-0.1, -0.05) is 11.8 Å². The number of carbonyl (C=O) groups excluding carboxylic acids is 1. The predicted octanol–water partition coefficient (Wildman–Crippen LogP) is 1.92. The molecule has 3 rings (SSSR count). The summed E-state index contributed by atoms with van der Waals surface area (Å²) in [4.78, 5) is 15.1. The van der Waals surface area contributed by atoms with Gasteiger partial charge in [0, 0.05) is 23.6 Å². The molecular formula is C16H15N5O2S. The van der Waals surface area contributed by atoms with Gasteiger partial charge in [0.05, 0.1) is 12.9 Å². The molecule has 0 bridgehead atoms. The summed E-state index contributed by atoms with van der Waals surface area (Å²) >= 11 is 1.24. The van der Waals surface area contributed by atoms with Crippen LogP contribution in [0.15, 0.2) is 53.9 Å². The molecule has 8 heteroatoms. The highest BCUT2D eigenvalue weighted by Crippen LogP contribution is 2.28. The predicted molar refractivity (Wildman–Crippen MR) is 91.1 cm³/mol. The van der Waals surface area contributed by atoms with E-state index < -0.39 is 5.91 Å². The Labute approximate surface area is 142 Å². The molecular weight excluding hydrogens is 326 g/mol. The number of carbonyl (C=O) groups is 1. The normalized spacial score (nSPS) is 10.5. The molecule has 2 heterocycles. The first-order chi connectivity index (χ1) is 11.7. The standard InChI is InChI=1S/C16H15N5O2S/c1-23-13-4-2-12(3-5-13)21-15(11-6-8-18-9-7-11)19-20-16(21)24-10-14(17)22/h2-9H,10H2,1H3,(H2,17,22). The first kappa shape index (κ1) is 16.0. The largest absolute Gasteiger partial charge is 0.497 e. The SMILES string of the molecule is COc1ccc(-n2c(SCC(N)=O)nnc2-c2ccncc2)cc1. The van der Waals surface area contributed by atoms with Gasteiger partial charge in [0.25, 0.3) is 0 Å². The van der Waals surface area contributed by atoms with Crippen LogP contribution in [0.4, 0.5) is 0 Å². The molecule has 0 unspecified atom stereocenters. The van der Waals surface area contributed by atoms with Gasteiger partial charge < -0.3 is 10.5 Å². The summed E-state index contributed by atoms with van der Waals surface area (Å²) in [5, 5.41) is 9.05. The maximum absolute atomic E-state index is 11.1. The van der Waals surface area contributed by atoms with E-state index in [1.165, 1.54) is 11.8 Å². The Kier molecular flexibility index (Phi) is 4.76. The average Bonchev–Trinajstić information content (AvgIpc) is 3.04. The molecule has 7 nitrogen and oxygen atoms in total. The Bertz CT molecular complexity index is 833. The molecule has 1 amide bonds. The molecule has 2 aromatic heterocycles. The van der Waals surface area contributed by atoms with Crippen LogP contribution in [0.2, 0.25) is 0 Å². The van der Waals surface area contributed by atoms with Gasteiger partial charge in [-0.05, 0) is 36.4 Å². The molecule has 2 N–H and O–H groups in total. The fourth-order valence-electron chi connectivity index (χ4n) is 2.15. The summed E-state index contributed by atoms with van der Waals surface area (Å²) in [7, 11) is 1.62. The third kappa shape index (κ3) is 3.38. The van der Waals surface area contributed by atoms with Gasteiger partial charge in [0.2, 0.25) is 5.91 Å². The minimum atomic E-state index is -0.408. The van der Waals surface area contributed by atoms with Crippen molar-refractivity contribution in [3.05, 3.63) is 48.8 Å². The van der Waals surface area contributed by atoms with Crippen molar-refractivity contribution < 1.29 is 9.53 Å². The van der Waals surface area contributed by atoms with E-state index in [2.05, 4.69) is 15.2 Å². The summed E-state index contributed by atoms with van der Waals surface area (Å²) in [5.41, 5.74) is 6.98. The Morgan fingerprint density at radius 3 is 2.50 bits per heavy atom. The number of rotatable bonds is 6. The number of ether oxygens (including phenoxy) is 1. The van der Waals surface area contributed by atoms with E-state index in [-0.39, 0.29) is 5.75 Å². The van der Waals surface area contributed by atoms with Crippen LogP contribution in [0, 0.1) is 0 Å². The topological polar surface area (TPSA) is 95.9 Å². The van der Waals surface area contributed by atoms with Crippen molar-refractivity contribution in [3.63, 3.8) is 0 Å². The molecule has 3 aromatic rings. The van der Waals surface area contributed by atoms with Crippen LogP contribution in [-0.4, -0.2) is 38.5 Å². The fraction of sp³-hybridized carbons (Fsp3) is 0.125. The lowest BCUT2D eigenvalue weighted by Crippen LogP contribution is -2.13. The Balaban J connectivity index is 2.08. The fourth-order valence-corrected chi connectivity index (χ4v) is 2.84. The van der Waals surface area contributed by atoms with Crippen molar-refractivity contribution in [2.45, 2.75) is 5.16 Å². The summed E-state index contributed by atoms with van der Waals surface area (Å²) in [6, 6.07) is 11.2. The number of hydrogen-bond acceptors (Lipinski definition) is 6. The number of nitrogens with two attached hydrogens (primary N) is 1. The van der Waals surface area contributed by atoms with E-state index >= 15 is 0 Å². The number of nitrogens with zero attached hydrogens (tertiary/aromatic N) is 4. The molecule has 0 spiro atoms. The summed E-state index contributed by atoms with van der Waals surface area (Å²) in [6.45, 7) is 0. The second-order valence-electron chi connectivity index (χ2n) is 4.83. The number of thioether (sulfide) groups is 1. The molecule has 0 aliphatic carbocycles. The number of primary amides is 1. The second kappa shape index (κ2) is 7.14. The lowest BCUT2D eigenvalue weighted by molar-refractivity contribution is -0.115. The van der Waals surface area contributed by atoms with Crippen LogP contribution >= 0.6 is 11.8 Å². The number of hydrogen-bond donors (Lipinski definition) is 1. The highest BCUT2D eigenvalue weighted by molar-refractivity contribution is 7.99. The zero-order valence-corrected chi connectivity index (χ0v) is 13.7. The van der Waals surface area contributed by atoms with Crippen LogP contribution in [0.5, 0.6) is 5.75 Å². The minimum absolute atomic E-state index is 0.130. The van der Waals surface area contributed by atoms with Gasteiger partial charge in [-0.2, -0.15) is 0 Å². The zero-order chi connectivity index (χ0) is 16.9. The third-order valence-corrected chi connectivity index (χ3v) is 4.20. The lowest BCUT2D eigenvalue weighted by Gasteiger charge is -2.10. The quantitative estimate of drug-likeness (QED) is 0.688. The van der Waals surface area contributed by atoms with Crippen molar-refractivity contribution in [1.82, 2.24) is 19.7 Å². The first-order valence-corrected chi connectivity index (χ1v) is 8.09. The van der Waals surface area contributed by atoms with Crippen molar-refractivity contribution in [2.75, 3.05) is 12.9 Å². The maximum Gasteiger partial charge on any atom is 0.227 e. The van der Waals surface area contributed by atoms with Crippen molar-refractivity contribution in [3.8, 4) is 22.8 Å². The Morgan fingerprint density at radius 2 is 1.88 bits per heavy atom. The van der Waals surface area contributed by atoms with Crippen LogP contribution in [0.25, 0.3) is 17.1 Å². The lowest BCUT2D eigenvalue weighted by atomic mass is 10.2. The summed E-state index contributed by atoms with van der Waals surface area (Å²) in [6.07, 6.45) is 3.39. The highest BCUT2D eigenvalue weighted by Gasteiger charge is 2.16. The van der Waals surface area contributed by atoms with Gasteiger partial charge in [0.15, 0.2) is 11.0 Å². The van der Waals surface area contributed by atoms with E-state index in [1.807, 2.05) is 41.0 Å². The molecule has 24 heavy (non-hydrogen) atoms. The number of benzene rings is 1. The molecule has 122 valence electrons. The Morgan fingerprint density at radius 1 is 1.17 bits per heavy atom. The van der Waals surface area contributed by atoms with Crippen LogP contribution in [0.1, 0.15) is 0 Å². The van der Waals surface area contributed by atoms with Gasteiger partial charge in [-0.25, -0.2) is 0 Å². The van der Waals surface area contributed by atoms with Gasteiger partial charge >= 0.3 is 0 Å². The molecule has 0 radical (unpaired) electrons. The third-order valence-electron chi connectivity index (χ3n) is 3.25. The zero-order valence-electron chi connectivity index (χ0n) is 12.9. The molecule has 1 aromatic carbocycles. The Hall–Kier alpha value is -2.87. The van der Waals surface area contributed by atoms with Crippen LogP contribution in [-0.2, 0) is 4.79 Å². The smallest absolute Gasteiger partial charge is 0.227 e. The van der Waals surface area contributed by atoms with Gasteiger partial charge in [-0.3, -0.25) is 14.3 Å². The van der Waals surface area contributed by atoms with Gasteiger partial charge in [-0.15, -0.1) is 10.2 Å². The maximum atomic E-state index is 11.1. The van der Waals surface area contributed by atoms with E-state index in [0.29, 0.717) is 11.0 Å². The first-order valence-electron chi connectivity index (χ1n) is 7.10. The molecule has 0 aliphatic rings. The second-order valence-corrected chi connectivity index (χ2v) is 5.77. The van der Waals surface area contributed by atoms with E-state index in [4.69, 9.17) is 10.5 Å². The van der Waals surface area contributed by atoms with Crippen molar-refractivity contribution in [2.24, 2.45) is 5.73 Å². The van der Waals surface area contributed by atoms with E-state index in [1.54, 1.807) is 19.5 Å². The van der Waals surface area contributed by atoms with E-state index in [0.717, 1.165) is 17.0 Å². The van der Waals surface area contributed by atoms with Crippen LogP contribution in [0.3, 0.4) is 0 Å². The minimum Gasteiger partial charge on any atom is -0.497 e. The van der Waals surface area contributed by atoms with Crippen molar-refractivity contribution >= 4 is 17.7 Å². The molecule has 0 aliphatic heterocycles. The average molecular weight is 341 g/mol.